The Hall–Kier alpha value is -1.56. The van der Waals surface area contributed by atoms with E-state index >= 15 is 0 Å². The monoisotopic (exact) mass is 271 g/mol. The maximum absolute atomic E-state index is 12.0. The van der Waals surface area contributed by atoms with Gasteiger partial charge in [0.25, 0.3) is 0 Å². The highest BCUT2D eigenvalue weighted by molar-refractivity contribution is 6.17. The molecule has 1 aromatic heterocycles. The van der Waals surface area contributed by atoms with Crippen molar-refractivity contribution in [1.29, 1.82) is 0 Å². The van der Waals surface area contributed by atoms with Gasteiger partial charge in [0.1, 0.15) is 6.04 Å². The van der Waals surface area contributed by atoms with Gasteiger partial charge in [-0.1, -0.05) is 0 Å². The fraction of sp³-hybridized carbons (Fsp3) is 0.545. The molecule has 1 atom stereocenters. The maximum Gasteiger partial charge on any atom is 0.326 e. The third kappa shape index (κ3) is 2.48. The van der Waals surface area contributed by atoms with E-state index in [1.807, 2.05) is 0 Å². The zero-order valence-electron chi connectivity index (χ0n) is 9.73. The second-order valence-electron chi connectivity index (χ2n) is 4.20. The molecular formula is C11H14ClN3O3. The van der Waals surface area contributed by atoms with Crippen molar-refractivity contribution >= 4 is 23.5 Å². The van der Waals surface area contributed by atoms with Crippen LogP contribution in [0.25, 0.3) is 0 Å². The molecule has 1 aliphatic heterocycles. The first-order valence-corrected chi connectivity index (χ1v) is 6.26. The molecule has 2 N–H and O–H groups in total. The van der Waals surface area contributed by atoms with Crippen molar-refractivity contribution in [3.05, 3.63) is 17.7 Å². The van der Waals surface area contributed by atoms with E-state index in [-0.39, 0.29) is 25.3 Å². The molecule has 0 saturated carbocycles. The minimum atomic E-state index is -0.997. The second-order valence-corrected chi connectivity index (χ2v) is 4.58. The number of nitrogens with one attached hydrogen (secondary N) is 1. The summed E-state index contributed by atoms with van der Waals surface area (Å²) in [5.41, 5.74) is 1.54. The predicted octanol–water partition coefficient (Wildman–Crippen LogP) is 0.767. The third-order valence-corrected chi connectivity index (χ3v) is 3.30. The summed E-state index contributed by atoms with van der Waals surface area (Å²) in [4.78, 5) is 31.6. The average molecular weight is 272 g/mol. The third-order valence-electron chi connectivity index (χ3n) is 3.03. The summed E-state index contributed by atoms with van der Waals surface area (Å²) in [5.74, 6) is -0.779. The SMILES string of the molecule is O=C(O)C1Cc2nc[nH]c2CN1C(=O)CCCCl. The molecule has 0 spiro atoms. The average Bonchev–Trinajstić information content (AvgIpc) is 2.81. The Morgan fingerprint density at radius 2 is 2.39 bits per heavy atom. The fourth-order valence-corrected chi connectivity index (χ4v) is 2.21. The molecule has 2 rings (SSSR count). The Kier molecular flexibility index (Phi) is 3.86. The van der Waals surface area contributed by atoms with Gasteiger partial charge >= 0.3 is 5.97 Å². The van der Waals surface area contributed by atoms with Gasteiger partial charge in [-0.15, -0.1) is 11.6 Å². The molecule has 1 amide bonds. The standard InChI is InChI=1S/C11H14ClN3O3/c12-3-1-2-10(16)15-5-8-7(13-6-14-8)4-9(15)11(17)18/h6,9H,1-5H2,(H,13,14)(H,17,18). The number of aliphatic carboxylic acids is 1. The number of aromatic nitrogens is 2. The van der Waals surface area contributed by atoms with Crippen LogP contribution in [0, 0.1) is 0 Å². The summed E-state index contributed by atoms with van der Waals surface area (Å²) in [6.07, 6.45) is 2.60. The van der Waals surface area contributed by atoms with Gasteiger partial charge in [-0.25, -0.2) is 9.78 Å². The van der Waals surface area contributed by atoms with E-state index in [9.17, 15) is 14.7 Å². The first-order chi connectivity index (χ1) is 8.63. The van der Waals surface area contributed by atoms with Crippen molar-refractivity contribution < 1.29 is 14.7 Å². The summed E-state index contributed by atoms with van der Waals surface area (Å²) >= 11 is 5.54. The Bertz CT molecular complexity index is 460. The number of aromatic amines is 1. The number of fused-ring (bicyclic) bond motifs is 1. The number of carboxylic acids is 1. The van der Waals surface area contributed by atoms with Crippen LogP contribution in [0.1, 0.15) is 24.2 Å². The molecule has 7 heteroatoms. The smallest absolute Gasteiger partial charge is 0.326 e. The van der Waals surface area contributed by atoms with Gasteiger partial charge in [-0.05, 0) is 6.42 Å². The second kappa shape index (κ2) is 5.39. The molecule has 0 aromatic carbocycles. The lowest BCUT2D eigenvalue weighted by atomic mass is 10.0. The predicted molar refractivity (Wildman–Crippen MR) is 64.2 cm³/mol. The van der Waals surface area contributed by atoms with E-state index in [1.54, 1.807) is 0 Å². The lowest BCUT2D eigenvalue weighted by Gasteiger charge is -2.32. The minimum Gasteiger partial charge on any atom is -0.480 e. The van der Waals surface area contributed by atoms with E-state index in [2.05, 4.69) is 9.97 Å². The van der Waals surface area contributed by atoms with Crippen LogP contribution in [0.2, 0.25) is 0 Å². The van der Waals surface area contributed by atoms with Crippen molar-refractivity contribution in [2.45, 2.75) is 31.8 Å². The van der Waals surface area contributed by atoms with Crippen molar-refractivity contribution in [2.75, 3.05) is 5.88 Å². The van der Waals surface area contributed by atoms with Crippen LogP contribution in [0.3, 0.4) is 0 Å². The molecule has 1 aliphatic rings. The Morgan fingerprint density at radius 3 is 3.06 bits per heavy atom. The molecule has 0 bridgehead atoms. The first-order valence-electron chi connectivity index (χ1n) is 5.73. The molecule has 0 saturated heterocycles. The molecular weight excluding hydrogens is 258 g/mol. The summed E-state index contributed by atoms with van der Waals surface area (Å²) in [5, 5.41) is 9.19. The molecule has 0 aliphatic carbocycles. The van der Waals surface area contributed by atoms with Crippen LogP contribution in [0.4, 0.5) is 0 Å². The highest BCUT2D eigenvalue weighted by atomic mass is 35.5. The summed E-state index contributed by atoms with van der Waals surface area (Å²) < 4.78 is 0. The molecule has 0 fully saturated rings. The quantitative estimate of drug-likeness (QED) is 0.792. The summed E-state index contributed by atoms with van der Waals surface area (Å²) in [6.45, 7) is 0.271. The van der Waals surface area contributed by atoms with Crippen molar-refractivity contribution in [3.8, 4) is 0 Å². The normalized spacial score (nSPS) is 18.5. The molecule has 1 aromatic rings. The summed E-state index contributed by atoms with van der Waals surface area (Å²) in [6, 6.07) is -0.830. The van der Waals surface area contributed by atoms with Gasteiger partial charge in [0.05, 0.1) is 24.3 Å². The van der Waals surface area contributed by atoms with E-state index in [4.69, 9.17) is 11.6 Å². The number of halogens is 1. The Labute approximate surface area is 109 Å². The number of imidazole rings is 1. The van der Waals surface area contributed by atoms with Crippen LogP contribution in [-0.4, -0.2) is 43.8 Å². The van der Waals surface area contributed by atoms with E-state index in [1.165, 1.54) is 11.2 Å². The number of carbonyl (C=O) groups is 2. The molecule has 2 heterocycles. The fourth-order valence-electron chi connectivity index (χ4n) is 2.08. The van der Waals surface area contributed by atoms with E-state index in [0.29, 0.717) is 12.3 Å². The number of amides is 1. The van der Waals surface area contributed by atoms with Gasteiger partial charge in [-0.2, -0.15) is 0 Å². The van der Waals surface area contributed by atoms with E-state index < -0.39 is 12.0 Å². The highest BCUT2D eigenvalue weighted by Gasteiger charge is 2.35. The number of H-pyrrole nitrogens is 1. The van der Waals surface area contributed by atoms with Crippen molar-refractivity contribution in [2.24, 2.45) is 0 Å². The molecule has 98 valence electrons. The van der Waals surface area contributed by atoms with Crippen LogP contribution < -0.4 is 0 Å². The maximum atomic E-state index is 12.0. The van der Waals surface area contributed by atoms with Gasteiger partial charge < -0.3 is 15.0 Å². The lowest BCUT2D eigenvalue weighted by molar-refractivity contribution is -0.151. The minimum absolute atomic E-state index is 0.177. The Balaban J connectivity index is 2.17. The van der Waals surface area contributed by atoms with Crippen LogP contribution in [0.15, 0.2) is 6.33 Å². The number of alkyl halides is 1. The summed E-state index contributed by atoms with van der Waals surface area (Å²) in [7, 11) is 0. The van der Waals surface area contributed by atoms with Crippen LogP contribution >= 0.6 is 11.6 Å². The number of hydrogen-bond donors (Lipinski definition) is 2. The molecule has 6 nitrogen and oxygen atoms in total. The lowest BCUT2D eigenvalue weighted by Crippen LogP contribution is -2.48. The largest absolute Gasteiger partial charge is 0.480 e. The Morgan fingerprint density at radius 1 is 1.61 bits per heavy atom. The first kappa shape index (κ1) is 12.9. The number of carbonyl (C=O) groups excluding carboxylic acids is 1. The van der Waals surface area contributed by atoms with Crippen LogP contribution in [-0.2, 0) is 22.6 Å². The molecule has 18 heavy (non-hydrogen) atoms. The van der Waals surface area contributed by atoms with E-state index in [0.717, 1.165) is 11.4 Å². The topological polar surface area (TPSA) is 86.3 Å². The van der Waals surface area contributed by atoms with Gasteiger partial charge in [0, 0.05) is 18.7 Å². The molecule has 0 radical (unpaired) electrons. The van der Waals surface area contributed by atoms with Gasteiger partial charge in [-0.3, -0.25) is 4.79 Å². The van der Waals surface area contributed by atoms with Crippen molar-refractivity contribution in [1.82, 2.24) is 14.9 Å². The van der Waals surface area contributed by atoms with Gasteiger partial charge in [0.15, 0.2) is 0 Å². The number of rotatable bonds is 4. The molecule has 1 unspecified atom stereocenters. The number of hydrogen-bond acceptors (Lipinski definition) is 3. The number of nitrogens with zero attached hydrogens (tertiary/aromatic N) is 2. The zero-order valence-corrected chi connectivity index (χ0v) is 10.5. The van der Waals surface area contributed by atoms with Crippen molar-refractivity contribution in [3.63, 3.8) is 0 Å². The van der Waals surface area contributed by atoms with Gasteiger partial charge in [0.2, 0.25) is 5.91 Å². The zero-order chi connectivity index (χ0) is 13.1. The highest BCUT2D eigenvalue weighted by Crippen LogP contribution is 2.21. The number of carboxylic acid groups (broad SMARTS) is 1. The van der Waals surface area contributed by atoms with Crippen LogP contribution in [0.5, 0.6) is 0 Å².